The van der Waals surface area contributed by atoms with Gasteiger partial charge in [-0.1, -0.05) is 35.9 Å². The fourth-order valence-electron chi connectivity index (χ4n) is 5.85. The zero-order valence-electron chi connectivity index (χ0n) is 23.4. The van der Waals surface area contributed by atoms with E-state index in [1.165, 1.54) is 6.07 Å². The Kier molecular flexibility index (Phi) is 9.22. The van der Waals surface area contributed by atoms with Gasteiger partial charge in [-0.15, -0.1) is 0 Å². The van der Waals surface area contributed by atoms with Gasteiger partial charge in [0.25, 0.3) is 0 Å². The Morgan fingerprint density at radius 1 is 1.17 bits per heavy atom. The number of pyridine rings is 1. The molecule has 2 unspecified atom stereocenters. The minimum atomic E-state index is -0.291. The molecule has 5 rings (SSSR count). The van der Waals surface area contributed by atoms with Crippen LogP contribution in [0, 0.1) is 5.82 Å². The van der Waals surface area contributed by atoms with Gasteiger partial charge >= 0.3 is 0 Å². The molecule has 9 heteroatoms. The number of rotatable bonds is 10. The van der Waals surface area contributed by atoms with E-state index in [-0.39, 0.29) is 30.1 Å². The monoisotopic (exact) mass is 577 g/mol. The molecule has 0 radical (unpaired) electrons. The van der Waals surface area contributed by atoms with Crippen molar-refractivity contribution in [1.29, 1.82) is 0 Å². The summed E-state index contributed by atoms with van der Waals surface area (Å²) in [6.45, 7) is 2.54. The second-order valence-electron chi connectivity index (χ2n) is 10.9. The maximum absolute atomic E-state index is 14.8. The number of hydrogen-bond acceptors (Lipinski definition) is 5. The van der Waals surface area contributed by atoms with Crippen LogP contribution in [0.1, 0.15) is 42.9 Å². The first-order chi connectivity index (χ1) is 19.8. The molecule has 1 saturated heterocycles. The fourth-order valence-corrected chi connectivity index (χ4v) is 6.12. The molecule has 1 amide bonds. The highest BCUT2D eigenvalue weighted by Gasteiger charge is 2.29. The summed E-state index contributed by atoms with van der Waals surface area (Å²) in [4.78, 5) is 19.4. The van der Waals surface area contributed by atoms with Crippen LogP contribution in [0.5, 0.6) is 0 Å². The highest BCUT2D eigenvalue weighted by atomic mass is 35.5. The number of nitrogens with zero attached hydrogens (tertiary/aromatic N) is 3. The Morgan fingerprint density at radius 3 is 2.68 bits per heavy atom. The summed E-state index contributed by atoms with van der Waals surface area (Å²) in [7, 11) is 1.67. The minimum absolute atomic E-state index is 0.0537. The van der Waals surface area contributed by atoms with E-state index in [0.717, 1.165) is 41.6 Å². The first-order valence-electron chi connectivity index (χ1n) is 14.1. The number of aromatic nitrogens is 2. The Morgan fingerprint density at radius 2 is 1.95 bits per heavy atom. The van der Waals surface area contributed by atoms with E-state index >= 15 is 0 Å². The predicted molar refractivity (Wildman–Crippen MR) is 162 cm³/mol. The largest absolute Gasteiger partial charge is 0.385 e. The number of carbonyl (C=O) groups excluding carboxylic acids is 1. The van der Waals surface area contributed by atoms with Crippen molar-refractivity contribution in [2.75, 3.05) is 32.5 Å². The van der Waals surface area contributed by atoms with E-state index in [1.807, 2.05) is 41.3 Å². The first-order valence-corrected chi connectivity index (χ1v) is 14.5. The SMILES string of the molecule is COCCCn1c(C2CCCN(C(=O)CC(N)Cc3ccc(-c4ccc(N)nc4)cc3)C2)cc2c(F)ccc(Cl)c21. The van der Waals surface area contributed by atoms with E-state index in [9.17, 15) is 9.18 Å². The van der Waals surface area contributed by atoms with Crippen molar-refractivity contribution < 1.29 is 13.9 Å². The number of piperidine rings is 1. The molecular formula is C32H37ClFN5O2. The maximum Gasteiger partial charge on any atom is 0.224 e. The van der Waals surface area contributed by atoms with Gasteiger partial charge in [0.2, 0.25) is 5.91 Å². The van der Waals surface area contributed by atoms with Crippen molar-refractivity contribution >= 4 is 34.2 Å². The average Bonchev–Trinajstić information content (AvgIpc) is 3.37. The Hall–Kier alpha value is -3.46. The van der Waals surface area contributed by atoms with Crippen LogP contribution in [0.15, 0.2) is 60.8 Å². The topological polar surface area (TPSA) is 99.4 Å². The third-order valence-corrected chi connectivity index (χ3v) is 8.22. The van der Waals surface area contributed by atoms with E-state index < -0.39 is 0 Å². The second-order valence-corrected chi connectivity index (χ2v) is 11.3. The van der Waals surface area contributed by atoms with Crippen LogP contribution < -0.4 is 11.5 Å². The average molecular weight is 578 g/mol. The third kappa shape index (κ3) is 6.72. The van der Waals surface area contributed by atoms with Gasteiger partial charge in [-0.05, 0) is 67.1 Å². The second kappa shape index (κ2) is 13.0. The molecule has 2 aromatic heterocycles. The highest BCUT2D eigenvalue weighted by Crippen LogP contribution is 2.36. The van der Waals surface area contributed by atoms with Crippen LogP contribution >= 0.6 is 11.6 Å². The van der Waals surface area contributed by atoms with E-state index in [2.05, 4.69) is 9.55 Å². The molecule has 3 heterocycles. The Balaban J connectivity index is 1.24. The van der Waals surface area contributed by atoms with Crippen LogP contribution in [0.4, 0.5) is 10.2 Å². The molecule has 4 N–H and O–H groups in total. The molecule has 216 valence electrons. The van der Waals surface area contributed by atoms with E-state index in [1.54, 1.807) is 25.4 Å². The number of methoxy groups -OCH3 is 1. The van der Waals surface area contributed by atoms with Gasteiger partial charge in [0.1, 0.15) is 11.6 Å². The van der Waals surface area contributed by atoms with Crippen molar-refractivity contribution in [3.8, 4) is 11.1 Å². The molecule has 4 aromatic rings. The normalized spacial score (nSPS) is 16.3. The summed E-state index contributed by atoms with van der Waals surface area (Å²) in [5.74, 6) is 0.343. The lowest BCUT2D eigenvalue weighted by atomic mass is 9.93. The van der Waals surface area contributed by atoms with Crippen molar-refractivity contribution in [2.24, 2.45) is 5.73 Å². The first kappa shape index (κ1) is 29.0. The molecule has 2 aromatic carbocycles. The van der Waals surface area contributed by atoms with E-state index in [0.29, 0.717) is 54.4 Å². The zero-order chi connectivity index (χ0) is 28.9. The molecule has 0 saturated carbocycles. The van der Waals surface area contributed by atoms with Crippen LogP contribution in [0.3, 0.4) is 0 Å². The number of fused-ring (bicyclic) bond motifs is 1. The zero-order valence-corrected chi connectivity index (χ0v) is 24.1. The molecular weight excluding hydrogens is 541 g/mol. The van der Waals surface area contributed by atoms with Gasteiger partial charge in [0.15, 0.2) is 0 Å². The van der Waals surface area contributed by atoms with Crippen LogP contribution in [0.25, 0.3) is 22.0 Å². The smallest absolute Gasteiger partial charge is 0.224 e. The number of hydrogen-bond donors (Lipinski definition) is 2. The van der Waals surface area contributed by atoms with Gasteiger partial charge < -0.3 is 25.7 Å². The molecule has 0 spiro atoms. The number of carbonyl (C=O) groups is 1. The molecule has 1 fully saturated rings. The lowest BCUT2D eigenvalue weighted by Gasteiger charge is -2.34. The quantitative estimate of drug-likeness (QED) is 0.233. The van der Waals surface area contributed by atoms with Crippen molar-refractivity contribution in [3.05, 3.63) is 82.9 Å². The minimum Gasteiger partial charge on any atom is -0.385 e. The maximum atomic E-state index is 14.8. The van der Waals surface area contributed by atoms with Crippen molar-refractivity contribution in [2.45, 2.75) is 50.6 Å². The summed E-state index contributed by atoms with van der Waals surface area (Å²) in [5.41, 5.74) is 17.0. The van der Waals surface area contributed by atoms with Crippen molar-refractivity contribution in [1.82, 2.24) is 14.5 Å². The number of nitrogen functional groups attached to an aromatic ring is 1. The van der Waals surface area contributed by atoms with Crippen LogP contribution in [-0.2, 0) is 22.5 Å². The van der Waals surface area contributed by atoms with Gasteiger partial charge in [0, 0.05) is 74.6 Å². The predicted octanol–water partition coefficient (Wildman–Crippen LogP) is 5.78. The number of anilines is 1. The molecule has 0 aliphatic carbocycles. The molecule has 0 bridgehead atoms. The molecule has 7 nitrogen and oxygen atoms in total. The van der Waals surface area contributed by atoms with Crippen molar-refractivity contribution in [3.63, 3.8) is 0 Å². The number of amides is 1. The fraction of sp³-hybridized carbons (Fsp3) is 0.375. The Bertz CT molecular complexity index is 1490. The third-order valence-electron chi connectivity index (χ3n) is 7.92. The number of ether oxygens (including phenoxy) is 1. The van der Waals surface area contributed by atoms with Gasteiger partial charge in [-0.2, -0.15) is 0 Å². The van der Waals surface area contributed by atoms with Gasteiger partial charge in [0.05, 0.1) is 10.5 Å². The Labute approximate surface area is 245 Å². The van der Waals surface area contributed by atoms with Gasteiger partial charge in [-0.25, -0.2) is 9.37 Å². The summed E-state index contributed by atoms with van der Waals surface area (Å²) in [6.07, 6.45) is 5.21. The highest BCUT2D eigenvalue weighted by molar-refractivity contribution is 6.35. The lowest BCUT2D eigenvalue weighted by molar-refractivity contribution is -0.132. The number of halogens is 2. The number of aryl methyl sites for hydroxylation is 1. The number of likely N-dealkylation sites (tertiary alicyclic amines) is 1. The molecule has 41 heavy (non-hydrogen) atoms. The summed E-state index contributed by atoms with van der Waals surface area (Å²) in [5, 5.41) is 1.05. The summed E-state index contributed by atoms with van der Waals surface area (Å²) >= 11 is 6.54. The van der Waals surface area contributed by atoms with Gasteiger partial charge in [-0.3, -0.25) is 4.79 Å². The standard InChI is InChI=1S/C32H37ClFN5O2/c1-41-15-3-14-39-29(18-26-28(34)11-10-27(33)32(26)39)24-4-2-13-38(20-24)31(40)17-25(35)16-21-5-7-22(8-6-21)23-9-12-30(36)37-19-23/h5-12,18-19,24-25H,2-4,13-17,20,35H2,1H3,(H2,36,37). The molecule has 2 atom stereocenters. The number of nitrogens with two attached hydrogens (primary N) is 2. The van der Waals surface area contributed by atoms with Crippen LogP contribution in [0.2, 0.25) is 5.02 Å². The number of benzene rings is 2. The van der Waals surface area contributed by atoms with Crippen LogP contribution in [-0.4, -0.2) is 53.2 Å². The lowest BCUT2D eigenvalue weighted by Crippen LogP contribution is -2.42. The van der Waals surface area contributed by atoms with E-state index in [4.69, 9.17) is 27.8 Å². The summed E-state index contributed by atoms with van der Waals surface area (Å²) < 4.78 is 22.2. The molecule has 1 aliphatic rings. The molecule has 1 aliphatic heterocycles. The summed E-state index contributed by atoms with van der Waals surface area (Å²) in [6, 6.07) is 16.5.